The maximum atomic E-state index is 2.65. The first-order valence-electron chi connectivity index (χ1n) is 28.5. The molecule has 0 fully saturated rings. The minimum absolute atomic E-state index is 0.0873. The second-order valence-electron chi connectivity index (χ2n) is 23.5. The van der Waals surface area contributed by atoms with Gasteiger partial charge in [-0.1, -0.05) is 197 Å². The summed E-state index contributed by atoms with van der Waals surface area (Å²) >= 11 is 7.79. The molecule has 0 atom stereocenters. The summed E-state index contributed by atoms with van der Waals surface area (Å²) in [6, 6.07) is 85.8. The van der Waals surface area contributed by atoms with Gasteiger partial charge in [-0.3, -0.25) is 0 Å². The van der Waals surface area contributed by atoms with Gasteiger partial charge in [-0.2, -0.15) is 0 Å². The van der Waals surface area contributed by atoms with Crippen LogP contribution in [0.3, 0.4) is 0 Å². The summed E-state index contributed by atoms with van der Waals surface area (Å²) in [5.74, 6) is 0. The van der Waals surface area contributed by atoms with Gasteiger partial charge in [0.2, 0.25) is 13.4 Å². The molecule has 4 aromatic heterocycles. The molecular formula is C76H36B2S4. The zero-order chi connectivity index (χ0) is 52.5. The number of hydrogen-bond acceptors (Lipinski definition) is 4. The number of thiophene rings is 4. The van der Waals surface area contributed by atoms with Crippen LogP contribution in [0.5, 0.6) is 0 Å². The van der Waals surface area contributed by atoms with Crippen LogP contribution in [0, 0.1) is 0 Å². The van der Waals surface area contributed by atoms with E-state index >= 15 is 0 Å². The van der Waals surface area contributed by atoms with Crippen molar-refractivity contribution in [3.8, 4) is 55.6 Å². The fraction of sp³-hybridized carbons (Fsp3) is 0. The van der Waals surface area contributed by atoms with Crippen molar-refractivity contribution in [1.29, 1.82) is 0 Å². The van der Waals surface area contributed by atoms with Gasteiger partial charge in [0.15, 0.2) is 0 Å². The first-order valence-corrected chi connectivity index (χ1v) is 31.8. The zero-order valence-electron chi connectivity index (χ0n) is 43.6. The van der Waals surface area contributed by atoms with Crippen molar-refractivity contribution in [3.05, 3.63) is 218 Å². The van der Waals surface area contributed by atoms with Crippen molar-refractivity contribution in [1.82, 2.24) is 0 Å². The molecule has 4 aliphatic heterocycles. The monoisotopic (exact) mass is 1100 g/mol. The number of fused-ring (bicyclic) bond motifs is 24. The zero-order valence-corrected chi connectivity index (χ0v) is 46.8. The standard InChI is InChI=1S/C76H36B2S4/c1-4-25-61-39(12-1)55-33-59-67-40(15-7-21-48(67)75(55)81-61)42-17-9-18-43-41-16-8-22-49-68(41)60(78(59)73(42)43)34-56-50-30-37(28-29-64(50)82-76(49)56)38-31-53-51-35-65-71(44-13-2-5-26-62(44)79-65)46-19-10-23-57(69(46)51)77-58-24-11-20-47-70(58)52(54(32-38)74(53)77)36-66-72(47)45-14-3-6-27-63(45)80-66/h1-36H. The lowest BCUT2D eigenvalue weighted by molar-refractivity contribution is 1.63. The molecule has 0 saturated heterocycles. The van der Waals surface area contributed by atoms with E-state index in [0.717, 1.165) is 0 Å². The molecule has 82 heavy (non-hydrogen) atoms. The van der Waals surface area contributed by atoms with Gasteiger partial charge in [-0.15, -0.1) is 45.3 Å². The van der Waals surface area contributed by atoms with Gasteiger partial charge in [-0.05, 0) is 153 Å². The Morgan fingerprint density at radius 3 is 1.22 bits per heavy atom. The lowest BCUT2D eigenvalue weighted by atomic mass is 9.31. The SMILES string of the molecule is c1cc2c3c(c1)-c1cccc4c1c(cc1c5cc(-c6cc7c8c(c6)-c6cc9sc%10ccccc%10c9c9cccc(c69)B8c6cccc8c6c-7cc6sc7ccccc7c68)ccc5sc41)B3c1cc3c4ccccc4sc3c3cccc-2c13. The van der Waals surface area contributed by atoms with E-state index in [1.165, 1.54) is 212 Å². The highest BCUT2D eigenvalue weighted by molar-refractivity contribution is 7.28. The predicted molar refractivity (Wildman–Crippen MR) is 365 cm³/mol. The molecule has 0 saturated carbocycles. The summed E-state index contributed by atoms with van der Waals surface area (Å²) in [7, 11) is 0. The van der Waals surface area contributed by atoms with E-state index < -0.39 is 0 Å². The van der Waals surface area contributed by atoms with E-state index in [9.17, 15) is 0 Å². The fourth-order valence-corrected chi connectivity index (χ4v) is 21.5. The maximum Gasteiger partial charge on any atom is 0.244 e. The normalized spacial score (nSPS) is 13.6. The summed E-state index contributed by atoms with van der Waals surface area (Å²) in [5, 5.41) is 22.0. The van der Waals surface area contributed by atoms with Gasteiger partial charge < -0.3 is 0 Å². The van der Waals surface area contributed by atoms with Crippen LogP contribution in [0.2, 0.25) is 0 Å². The molecule has 14 aromatic carbocycles. The third kappa shape index (κ3) is 5.05. The van der Waals surface area contributed by atoms with Crippen LogP contribution in [0.1, 0.15) is 0 Å². The lowest BCUT2D eigenvalue weighted by Gasteiger charge is -2.35. The smallest absolute Gasteiger partial charge is 0.135 e. The van der Waals surface area contributed by atoms with E-state index in [-0.39, 0.29) is 13.4 Å². The second-order valence-corrected chi connectivity index (χ2v) is 27.8. The van der Waals surface area contributed by atoms with Gasteiger partial charge in [-0.25, -0.2) is 0 Å². The minimum Gasteiger partial charge on any atom is -0.135 e. The Morgan fingerprint density at radius 1 is 0.207 bits per heavy atom. The Labute approximate surface area is 485 Å². The highest BCUT2D eigenvalue weighted by Crippen LogP contribution is 2.51. The Kier molecular flexibility index (Phi) is 7.74. The molecule has 0 spiro atoms. The van der Waals surface area contributed by atoms with E-state index in [1.807, 2.05) is 45.3 Å². The van der Waals surface area contributed by atoms with Gasteiger partial charge >= 0.3 is 0 Å². The van der Waals surface area contributed by atoms with Gasteiger partial charge in [0.05, 0.1) is 0 Å². The molecule has 0 N–H and O–H groups in total. The molecule has 22 rings (SSSR count). The van der Waals surface area contributed by atoms with Crippen molar-refractivity contribution in [2.24, 2.45) is 0 Å². The summed E-state index contributed by atoms with van der Waals surface area (Å²) in [6.45, 7) is 0.177. The second kappa shape index (κ2) is 14.8. The lowest BCUT2D eigenvalue weighted by Crippen LogP contribution is -2.57. The van der Waals surface area contributed by atoms with Crippen LogP contribution in [0.4, 0.5) is 0 Å². The van der Waals surface area contributed by atoms with E-state index in [0.29, 0.717) is 0 Å². The molecule has 8 heterocycles. The molecule has 0 bridgehead atoms. The van der Waals surface area contributed by atoms with Crippen molar-refractivity contribution in [2.45, 2.75) is 0 Å². The van der Waals surface area contributed by atoms with Crippen LogP contribution < -0.4 is 32.8 Å². The fourth-order valence-electron chi connectivity index (χ4n) is 16.8. The average molecular weight is 1100 g/mol. The molecule has 6 heteroatoms. The predicted octanol–water partition coefficient (Wildman–Crippen LogP) is 18.4. The number of hydrogen-bond donors (Lipinski definition) is 0. The van der Waals surface area contributed by atoms with Crippen LogP contribution in [0.25, 0.3) is 179 Å². The summed E-state index contributed by atoms with van der Waals surface area (Å²) in [6.07, 6.45) is 0. The average Bonchev–Trinajstić information content (AvgIpc) is 1.62. The number of rotatable bonds is 1. The van der Waals surface area contributed by atoms with Crippen LogP contribution >= 0.6 is 45.3 Å². The highest BCUT2D eigenvalue weighted by atomic mass is 32.1. The van der Waals surface area contributed by atoms with Crippen molar-refractivity contribution in [3.63, 3.8) is 0 Å². The van der Waals surface area contributed by atoms with Crippen LogP contribution in [0.15, 0.2) is 218 Å². The Balaban J connectivity index is 0.831. The van der Waals surface area contributed by atoms with Gasteiger partial charge in [0.25, 0.3) is 0 Å². The molecule has 0 nitrogen and oxygen atoms in total. The summed E-state index contributed by atoms with van der Waals surface area (Å²) in [4.78, 5) is 0. The number of benzene rings is 14. The minimum atomic E-state index is 0.0873. The maximum absolute atomic E-state index is 2.65. The van der Waals surface area contributed by atoms with Gasteiger partial charge in [0.1, 0.15) is 0 Å². The highest BCUT2D eigenvalue weighted by Gasteiger charge is 2.42. The molecule has 18 aromatic rings. The largest absolute Gasteiger partial charge is 0.244 e. The van der Waals surface area contributed by atoms with E-state index in [2.05, 4.69) is 218 Å². The van der Waals surface area contributed by atoms with Gasteiger partial charge in [0, 0.05) is 80.7 Å². The van der Waals surface area contributed by atoms with Crippen LogP contribution in [-0.4, -0.2) is 13.4 Å². The van der Waals surface area contributed by atoms with Crippen LogP contribution in [-0.2, 0) is 0 Å². The third-order valence-electron chi connectivity index (χ3n) is 19.8. The van der Waals surface area contributed by atoms with E-state index in [4.69, 9.17) is 0 Å². The third-order valence-corrected chi connectivity index (χ3v) is 24.5. The van der Waals surface area contributed by atoms with Crippen molar-refractivity contribution in [2.75, 3.05) is 0 Å². The molecule has 0 amide bonds. The Morgan fingerprint density at radius 2 is 0.634 bits per heavy atom. The van der Waals surface area contributed by atoms with Crippen molar-refractivity contribution < 1.29 is 0 Å². The quantitative estimate of drug-likeness (QED) is 0.144. The molecule has 0 unspecified atom stereocenters. The van der Waals surface area contributed by atoms with E-state index in [1.54, 1.807) is 0 Å². The first-order chi connectivity index (χ1) is 40.7. The summed E-state index contributed by atoms with van der Waals surface area (Å²) < 4.78 is 10.9. The summed E-state index contributed by atoms with van der Waals surface area (Å²) in [5.41, 5.74) is 22.1. The molecule has 0 radical (unpaired) electrons. The Hall–Kier alpha value is -8.87. The molecule has 0 aliphatic carbocycles. The molecule has 4 aliphatic rings. The van der Waals surface area contributed by atoms with Crippen molar-refractivity contribution >= 4 is 215 Å². The Bertz CT molecular complexity index is 5980. The first kappa shape index (κ1) is 42.9. The molecule has 370 valence electrons. The topological polar surface area (TPSA) is 0 Å². The molecular weight excluding hydrogens is 1060 g/mol.